The van der Waals surface area contributed by atoms with Crippen LogP contribution in [0.2, 0.25) is 0 Å². The van der Waals surface area contributed by atoms with Crippen LogP contribution in [-0.4, -0.2) is 24.8 Å². The summed E-state index contributed by atoms with van der Waals surface area (Å²) in [6, 6.07) is 0. The molecule has 0 amide bonds. The lowest BCUT2D eigenvalue weighted by Crippen LogP contribution is -2.22. The van der Waals surface area contributed by atoms with Crippen LogP contribution in [-0.2, 0) is 9.84 Å². The lowest BCUT2D eigenvalue weighted by molar-refractivity contribution is 0.418. The van der Waals surface area contributed by atoms with Crippen LogP contribution < -0.4 is 0 Å². The normalized spacial score (nSPS) is 30.1. The Balaban J connectivity index is 2.50. The van der Waals surface area contributed by atoms with Gasteiger partial charge in [0, 0.05) is 4.83 Å². The highest BCUT2D eigenvalue weighted by atomic mass is 79.9. The van der Waals surface area contributed by atoms with E-state index >= 15 is 0 Å². The average Bonchev–Trinajstić information content (AvgIpc) is 2.45. The molecule has 1 rings (SSSR count). The van der Waals surface area contributed by atoms with Crippen LogP contribution in [0.4, 0.5) is 0 Å². The average molecular weight is 283 g/mol. The highest BCUT2D eigenvalue weighted by Crippen LogP contribution is 2.32. The van der Waals surface area contributed by atoms with Crippen molar-refractivity contribution < 1.29 is 8.42 Å². The number of hydrogen-bond acceptors (Lipinski definition) is 2. The Morgan fingerprint density at radius 3 is 2.57 bits per heavy atom. The molecule has 0 N–H and O–H groups in total. The number of halogens is 1. The van der Waals surface area contributed by atoms with Gasteiger partial charge in [-0.2, -0.15) is 0 Å². The number of hydrogen-bond donors (Lipinski definition) is 0. The largest absolute Gasteiger partial charge is 0.229 e. The molecular weight excluding hydrogens is 264 g/mol. The summed E-state index contributed by atoms with van der Waals surface area (Å²) in [4.78, 5) is 0.375. The molecule has 0 aromatic heterocycles. The molecule has 3 unspecified atom stereocenters. The first kappa shape index (κ1) is 12.5. The van der Waals surface area contributed by atoms with E-state index in [4.69, 9.17) is 0 Å². The molecule has 2 nitrogen and oxygen atoms in total. The fraction of sp³-hybridized carbons (Fsp3) is 1.00. The van der Waals surface area contributed by atoms with E-state index in [2.05, 4.69) is 29.8 Å². The zero-order chi connectivity index (χ0) is 10.8. The van der Waals surface area contributed by atoms with Crippen molar-refractivity contribution in [3.05, 3.63) is 0 Å². The van der Waals surface area contributed by atoms with Crippen molar-refractivity contribution in [2.45, 2.75) is 37.9 Å². The standard InChI is InChI=1S/C10H19BrO2S/c1-3-4-8(2)10(11)9-5-6-14(12,13)7-9/h8-10H,3-7H2,1-2H3. The molecule has 84 valence electrons. The van der Waals surface area contributed by atoms with E-state index in [-0.39, 0.29) is 0 Å². The summed E-state index contributed by atoms with van der Waals surface area (Å²) < 4.78 is 22.6. The predicted molar refractivity (Wildman–Crippen MR) is 63.5 cm³/mol. The van der Waals surface area contributed by atoms with E-state index in [0.29, 0.717) is 28.2 Å². The Hall–Kier alpha value is 0.430. The molecule has 0 saturated carbocycles. The molecule has 1 aliphatic heterocycles. The van der Waals surface area contributed by atoms with E-state index < -0.39 is 9.84 Å². The first-order chi connectivity index (χ1) is 6.46. The maximum absolute atomic E-state index is 11.3. The molecule has 1 saturated heterocycles. The van der Waals surface area contributed by atoms with Crippen LogP contribution in [0.15, 0.2) is 0 Å². The molecule has 0 spiro atoms. The van der Waals surface area contributed by atoms with Gasteiger partial charge in [-0.3, -0.25) is 0 Å². The van der Waals surface area contributed by atoms with Gasteiger partial charge in [-0.1, -0.05) is 36.2 Å². The van der Waals surface area contributed by atoms with E-state index in [1.54, 1.807) is 0 Å². The molecule has 1 heterocycles. The zero-order valence-corrected chi connectivity index (χ0v) is 11.3. The minimum absolute atomic E-state index is 0.335. The van der Waals surface area contributed by atoms with Crippen LogP contribution >= 0.6 is 15.9 Å². The van der Waals surface area contributed by atoms with Gasteiger partial charge in [0.1, 0.15) is 0 Å². The van der Waals surface area contributed by atoms with Crippen molar-refractivity contribution in [3.8, 4) is 0 Å². The van der Waals surface area contributed by atoms with Gasteiger partial charge in [-0.25, -0.2) is 8.42 Å². The van der Waals surface area contributed by atoms with Crippen LogP contribution in [0.1, 0.15) is 33.1 Å². The lowest BCUT2D eigenvalue weighted by atomic mass is 9.92. The summed E-state index contributed by atoms with van der Waals surface area (Å²) in [5.41, 5.74) is 0. The maximum Gasteiger partial charge on any atom is 0.150 e. The van der Waals surface area contributed by atoms with Crippen molar-refractivity contribution >= 4 is 25.8 Å². The monoisotopic (exact) mass is 282 g/mol. The van der Waals surface area contributed by atoms with E-state index in [1.165, 1.54) is 12.8 Å². The van der Waals surface area contributed by atoms with Crippen molar-refractivity contribution in [3.63, 3.8) is 0 Å². The van der Waals surface area contributed by atoms with Gasteiger partial charge in [0.15, 0.2) is 9.84 Å². The summed E-state index contributed by atoms with van der Waals surface area (Å²) >= 11 is 3.66. The summed E-state index contributed by atoms with van der Waals surface area (Å²) in [6.07, 6.45) is 3.18. The Bertz CT molecular complexity index is 274. The van der Waals surface area contributed by atoms with Gasteiger partial charge in [-0.15, -0.1) is 0 Å². The number of rotatable bonds is 4. The van der Waals surface area contributed by atoms with Crippen molar-refractivity contribution in [1.82, 2.24) is 0 Å². The van der Waals surface area contributed by atoms with Crippen molar-refractivity contribution in [2.75, 3.05) is 11.5 Å². The van der Waals surface area contributed by atoms with Crippen molar-refractivity contribution in [2.24, 2.45) is 11.8 Å². The summed E-state index contributed by atoms with van der Waals surface area (Å²) in [6.45, 7) is 4.37. The van der Waals surface area contributed by atoms with Crippen LogP contribution in [0, 0.1) is 11.8 Å². The summed E-state index contributed by atoms with van der Waals surface area (Å²) in [7, 11) is -2.72. The van der Waals surface area contributed by atoms with Gasteiger partial charge in [-0.05, 0) is 24.7 Å². The first-order valence-corrected chi connectivity index (χ1v) is 8.04. The highest BCUT2D eigenvalue weighted by molar-refractivity contribution is 9.09. The van der Waals surface area contributed by atoms with Gasteiger partial charge >= 0.3 is 0 Å². The highest BCUT2D eigenvalue weighted by Gasteiger charge is 2.34. The maximum atomic E-state index is 11.3. The number of alkyl halides is 1. The van der Waals surface area contributed by atoms with Gasteiger partial charge in [0.2, 0.25) is 0 Å². The van der Waals surface area contributed by atoms with E-state index in [0.717, 1.165) is 6.42 Å². The minimum atomic E-state index is -2.72. The Morgan fingerprint density at radius 2 is 2.14 bits per heavy atom. The third-order valence-electron chi connectivity index (χ3n) is 3.01. The van der Waals surface area contributed by atoms with Gasteiger partial charge < -0.3 is 0 Å². The minimum Gasteiger partial charge on any atom is -0.229 e. The van der Waals surface area contributed by atoms with E-state index in [9.17, 15) is 8.42 Å². The molecule has 0 aromatic carbocycles. The molecular formula is C10H19BrO2S. The Labute approximate surface area is 95.5 Å². The van der Waals surface area contributed by atoms with Crippen LogP contribution in [0.3, 0.4) is 0 Å². The van der Waals surface area contributed by atoms with Gasteiger partial charge in [0.25, 0.3) is 0 Å². The lowest BCUT2D eigenvalue weighted by Gasteiger charge is -2.22. The van der Waals surface area contributed by atoms with Crippen LogP contribution in [0.25, 0.3) is 0 Å². The molecule has 0 bridgehead atoms. The molecule has 0 radical (unpaired) electrons. The second-order valence-electron chi connectivity index (χ2n) is 4.37. The zero-order valence-electron chi connectivity index (χ0n) is 8.87. The second kappa shape index (κ2) is 4.97. The van der Waals surface area contributed by atoms with Gasteiger partial charge in [0.05, 0.1) is 11.5 Å². The molecule has 1 aliphatic rings. The fourth-order valence-corrected chi connectivity index (χ4v) is 4.97. The third-order valence-corrected chi connectivity index (χ3v) is 6.45. The molecule has 0 aromatic rings. The number of sulfone groups is 1. The predicted octanol–water partition coefficient (Wildman–Crippen LogP) is 2.62. The Kier molecular flexibility index (Phi) is 4.44. The topological polar surface area (TPSA) is 34.1 Å². The Morgan fingerprint density at radius 1 is 1.50 bits per heavy atom. The summed E-state index contributed by atoms with van der Waals surface area (Å²) in [5, 5.41) is 0. The van der Waals surface area contributed by atoms with Crippen molar-refractivity contribution in [1.29, 1.82) is 0 Å². The van der Waals surface area contributed by atoms with Crippen LogP contribution in [0.5, 0.6) is 0 Å². The molecule has 4 heteroatoms. The molecule has 14 heavy (non-hydrogen) atoms. The molecule has 0 aliphatic carbocycles. The summed E-state index contributed by atoms with van der Waals surface area (Å²) in [5.74, 6) is 1.69. The smallest absolute Gasteiger partial charge is 0.150 e. The quantitative estimate of drug-likeness (QED) is 0.743. The van der Waals surface area contributed by atoms with E-state index in [1.807, 2.05) is 0 Å². The molecule has 3 atom stereocenters. The molecule has 1 fully saturated rings. The first-order valence-electron chi connectivity index (χ1n) is 5.30. The third kappa shape index (κ3) is 3.23. The second-order valence-corrected chi connectivity index (χ2v) is 7.66. The SMILES string of the molecule is CCCC(C)C(Br)C1CCS(=O)(=O)C1. The fourth-order valence-electron chi connectivity index (χ4n) is 2.15.